The highest BCUT2D eigenvalue weighted by Gasteiger charge is 2.26. The maximum atomic E-state index is 12.9. The van der Waals surface area contributed by atoms with E-state index in [4.69, 9.17) is 4.74 Å². The van der Waals surface area contributed by atoms with E-state index in [1.54, 1.807) is 19.2 Å². The lowest BCUT2D eigenvalue weighted by Crippen LogP contribution is -2.35. The molecule has 0 saturated carbocycles. The van der Waals surface area contributed by atoms with E-state index in [1.807, 2.05) is 29.6 Å². The van der Waals surface area contributed by atoms with Crippen molar-refractivity contribution in [2.45, 2.75) is 24.2 Å². The van der Waals surface area contributed by atoms with Crippen LogP contribution in [0.25, 0.3) is 11.3 Å². The Kier molecular flexibility index (Phi) is 6.35. The topological polar surface area (TPSA) is 88.6 Å². The fraction of sp³-hybridized carbons (Fsp3) is 0.273. The largest absolute Gasteiger partial charge is 0.497 e. The molecule has 0 radical (unpaired) electrons. The van der Waals surface area contributed by atoms with Gasteiger partial charge in [0, 0.05) is 29.6 Å². The molecule has 0 unspecified atom stereocenters. The van der Waals surface area contributed by atoms with Crippen LogP contribution in [0.2, 0.25) is 0 Å². The highest BCUT2D eigenvalue weighted by Crippen LogP contribution is 2.27. The molecule has 2 aromatic carbocycles. The molecule has 1 saturated heterocycles. The number of nitrogens with zero attached hydrogens (tertiary/aromatic N) is 2. The number of thiazole rings is 1. The monoisotopic (exact) mass is 457 g/mol. The van der Waals surface area contributed by atoms with Crippen LogP contribution < -0.4 is 10.1 Å². The standard InChI is InChI=1S/C22H23N3O4S2/c1-29-18-10-8-16(9-11-18)20-15-30-22(23-20)24-21(26)17-6-5-7-19(14-17)31(27,28)25-12-3-2-4-13-25/h5-11,14-15H,2-4,12-13H2,1H3,(H,23,24,26). The molecule has 0 spiro atoms. The molecule has 0 atom stereocenters. The molecule has 0 bridgehead atoms. The summed E-state index contributed by atoms with van der Waals surface area (Å²) in [5, 5.41) is 5.06. The third-order valence-corrected chi connectivity index (χ3v) is 7.81. The van der Waals surface area contributed by atoms with E-state index in [2.05, 4.69) is 10.3 Å². The van der Waals surface area contributed by atoms with Gasteiger partial charge in [0.05, 0.1) is 17.7 Å². The normalized spacial score (nSPS) is 14.9. The maximum Gasteiger partial charge on any atom is 0.257 e. The van der Waals surface area contributed by atoms with Crippen molar-refractivity contribution in [3.05, 3.63) is 59.5 Å². The molecule has 1 amide bonds. The second-order valence-corrected chi connectivity index (χ2v) is 10.0. The summed E-state index contributed by atoms with van der Waals surface area (Å²) in [5.41, 5.74) is 1.93. The van der Waals surface area contributed by atoms with Crippen molar-refractivity contribution in [3.63, 3.8) is 0 Å². The molecule has 1 aliphatic rings. The number of piperidine rings is 1. The van der Waals surface area contributed by atoms with Crippen molar-refractivity contribution in [3.8, 4) is 17.0 Å². The first kappa shape index (κ1) is 21.5. The molecule has 1 aliphatic heterocycles. The molecule has 1 N–H and O–H groups in total. The molecule has 31 heavy (non-hydrogen) atoms. The summed E-state index contributed by atoms with van der Waals surface area (Å²) in [7, 11) is -1.99. The van der Waals surface area contributed by atoms with E-state index in [1.165, 1.54) is 27.8 Å². The Morgan fingerprint density at radius 3 is 2.55 bits per heavy atom. The number of nitrogens with one attached hydrogen (secondary N) is 1. The maximum absolute atomic E-state index is 12.9. The summed E-state index contributed by atoms with van der Waals surface area (Å²) < 4.78 is 32.5. The molecule has 3 aromatic rings. The smallest absolute Gasteiger partial charge is 0.257 e. The van der Waals surface area contributed by atoms with E-state index in [9.17, 15) is 13.2 Å². The molecule has 4 rings (SSSR count). The van der Waals surface area contributed by atoms with Crippen molar-refractivity contribution in [1.82, 2.24) is 9.29 Å². The zero-order valence-corrected chi connectivity index (χ0v) is 18.7. The Labute approximate surface area is 185 Å². The number of rotatable bonds is 6. The number of sulfonamides is 1. The minimum Gasteiger partial charge on any atom is -0.497 e. The highest BCUT2D eigenvalue weighted by molar-refractivity contribution is 7.89. The molecule has 0 aliphatic carbocycles. The van der Waals surface area contributed by atoms with Gasteiger partial charge in [-0.15, -0.1) is 11.3 Å². The average molecular weight is 458 g/mol. The fourth-order valence-electron chi connectivity index (χ4n) is 3.45. The van der Waals surface area contributed by atoms with E-state index in [0.717, 1.165) is 36.3 Å². The zero-order chi connectivity index (χ0) is 21.8. The van der Waals surface area contributed by atoms with Crippen molar-refractivity contribution >= 4 is 32.4 Å². The van der Waals surface area contributed by atoms with Gasteiger partial charge in [-0.25, -0.2) is 13.4 Å². The van der Waals surface area contributed by atoms with Crippen molar-refractivity contribution in [2.24, 2.45) is 0 Å². The fourth-order valence-corrected chi connectivity index (χ4v) is 5.73. The van der Waals surface area contributed by atoms with E-state index >= 15 is 0 Å². The number of aromatic nitrogens is 1. The van der Waals surface area contributed by atoms with Crippen molar-refractivity contribution in [2.75, 3.05) is 25.5 Å². The third-order valence-electron chi connectivity index (χ3n) is 5.16. The van der Waals surface area contributed by atoms with Crippen molar-refractivity contribution in [1.29, 1.82) is 0 Å². The molecule has 1 aromatic heterocycles. The molecule has 9 heteroatoms. The van der Waals surface area contributed by atoms with Crippen LogP contribution in [0.15, 0.2) is 58.8 Å². The van der Waals surface area contributed by atoms with Crippen LogP contribution >= 0.6 is 11.3 Å². The van der Waals surface area contributed by atoms with E-state index in [-0.39, 0.29) is 10.5 Å². The number of amides is 1. The van der Waals surface area contributed by atoms with Gasteiger partial charge in [-0.2, -0.15) is 4.31 Å². The van der Waals surface area contributed by atoms with Crippen LogP contribution in [0.3, 0.4) is 0 Å². The summed E-state index contributed by atoms with van der Waals surface area (Å²) in [6, 6.07) is 13.6. The minimum atomic E-state index is -3.60. The molecular weight excluding hydrogens is 434 g/mol. The summed E-state index contributed by atoms with van der Waals surface area (Å²) in [6.45, 7) is 1.04. The van der Waals surface area contributed by atoms with Gasteiger partial charge < -0.3 is 4.74 Å². The van der Waals surface area contributed by atoms with Gasteiger partial charge in [0.15, 0.2) is 5.13 Å². The van der Waals surface area contributed by atoms with Gasteiger partial charge in [0.2, 0.25) is 10.0 Å². The zero-order valence-electron chi connectivity index (χ0n) is 17.1. The first-order chi connectivity index (χ1) is 15.0. The lowest BCUT2D eigenvalue weighted by molar-refractivity contribution is 0.102. The van der Waals surface area contributed by atoms with Gasteiger partial charge in [0.25, 0.3) is 5.91 Å². The second-order valence-electron chi connectivity index (χ2n) is 7.21. The van der Waals surface area contributed by atoms with Crippen LogP contribution in [0, 0.1) is 0 Å². The number of ether oxygens (including phenoxy) is 1. The third kappa shape index (κ3) is 4.79. The van der Waals surface area contributed by atoms with Crippen LogP contribution in [-0.4, -0.2) is 43.8 Å². The Morgan fingerprint density at radius 1 is 1.10 bits per heavy atom. The van der Waals surface area contributed by atoms with Crippen LogP contribution in [-0.2, 0) is 10.0 Å². The Morgan fingerprint density at radius 2 is 1.84 bits per heavy atom. The molecule has 162 valence electrons. The number of benzene rings is 2. The van der Waals surface area contributed by atoms with Gasteiger partial charge >= 0.3 is 0 Å². The van der Waals surface area contributed by atoms with Crippen LogP contribution in [0.1, 0.15) is 29.6 Å². The summed E-state index contributed by atoms with van der Waals surface area (Å²) in [6.07, 6.45) is 2.76. The average Bonchev–Trinajstić information content (AvgIpc) is 3.28. The van der Waals surface area contributed by atoms with Crippen LogP contribution in [0.4, 0.5) is 5.13 Å². The number of hydrogen-bond acceptors (Lipinski definition) is 6. The number of carbonyl (C=O) groups is 1. The summed E-state index contributed by atoms with van der Waals surface area (Å²) in [4.78, 5) is 17.3. The first-order valence-corrected chi connectivity index (χ1v) is 12.3. The number of hydrogen-bond donors (Lipinski definition) is 1. The number of methoxy groups -OCH3 is 1. The highest BCUT2D eigenvalue weighted by atomic mass is 32.2. The van der Waals surface area contributed by atoms with Crippen LogP contribution in [0.5, 0.6) is 5.75 Å². The Hall–Kier alpha value is -2.75. The molecule has 1 fully saturated rings. The number of anilines is 1. The quantitative estimate of drug-likeness (QED) is 0.598. The first-order valence-electron chi connectivity index (χ1n) is 9.99. The number of carbonyl (C=O) groups excluding carboxylic acids is 1. The van der Waals surface area contributed by atoms with E-state index < -0.39 is 15.9 Å². The predicted molar refractivity (Wildman–Crippen MR) is 121 cm³/mol. The second kappa shape index (κ2) is 9.17. The van der Waals surface area contributed by atoms with Gasteiger partial charge in [-0.3, -0.25) is 10.1 Å². The SMILES string of the molecule is COc1ccc(-c2csc(NC(=O)c3cccc(S(=O)(=O)N4CCCCC4)c3)n2)cc1. The van der Waals surface area contributed by atoms with Gasteiger partial charge in [-0.05, 0) is 55.3 Å². The Balaban J connectivity index is 1.49. The summed E-state index contributed by atoms with van der Waals surface area (Å²) >= 11 is 1.31. The predicted octanol–water partition coefficient (Wildman–Crippen LogP) is 4.25. The summed E-state index contributed by atoms with van der Waals surface area (Å²) in [5.74, 6) is 0.359. The lowest BCUT2D eigenvalue weighted by atomic mass is 10.2. The molecule has 7 nitrogen and oxygen atoms in total. The lowest BCUT2D eigenvalue weighted by Gasteiger charge is -2.26. The Bertz CT molecular complexity index is 1170. The van der Waals surface area contributed by atoms with Gasteiger partial charge in [0.1, 0.15) is 5.75 Å². The van der Waals surface area contributed by atoms with Crippen molar-refractivity contribution < 1.29 is 17.9 Å². The van der Waals surface area contributed by atoms with Gasteiger partial charge in [-0.1, -0.05) is 12.5 Å². The molecule has 2 heterocycles. The van der Waals surface area contributed by atoms with E-state index in [0.29, 0.717) is 18.2 Å². The minimum absolute atomic E-state index is 0.139. The molecular formula is C22H23N3O4S2.